The molecule has 2 aromatic rings. The minimum Gasteiger partial charge on any atom is -0.457 e. The lowest BCUT2D eigenvalue weighted by atomic mass is 10.2. The molecule has 0 unspecified atom stereocenters. The zero-order chi connectivity index (χ0) is 13.8. The van der Waals surface area contributed by atoms with Gasteiger partial charge in [0.05, 0.1) is 0 Å². The van der Waals surface area contributed by atoms with E-state index in [4.69, 9.17) is 16.3 Å². The standard InChI is InChI=1S/C15H14ClNO2/c1-10-3-6-13(17-11(2)18)9-15(10)19-14-7-4-12(16)5-8-14/h3-9H,1-2H3,(H,17,18). The van der Waals surface area contributed by atoms with Crippen LogP contribution in [0.2, 0.25) is 5.02 Å². The Labute approximate surface area is 117 Å². The summed E-state index contributed by atoms with van der Waals surface area (Å²) in [4.78, 5) is 11.0. The number of aryl methyl sites for hydroxylation is 1. The molecule has 1 N–H and O–H groups in total. The van der Waals surface area contributed by atoms with Gasteiger partial charge in [-0.05, 0) is 42.8 Å². The quantitative estimate of drug-likeness (QED) is 0.902. The van der Waals surface area contributed by atoms with Crippen LogP contribution in [-0.2, 0) is 4.79 Å². The molecule has 0 bridgehead atoms. The highest BCUT2D eigenvalue weighted by atomic mass is 35.5. The number of hydrogen-bond donors (Lipinski definition) is 1. The molecule has 0 fully saturated rings. The molecule has 3 nitrogen and oxygen atoms in total. The molecular formula is C15H14ClNO2. The van der Waals surface area contributed by atoms with E-state index in [1.807, 2.05) is 19.1 Å². The molecule has 2 aromatic carbocycles. The SMILES string of the molecule is CC(=O)Nc1ccc(C)c(Oc2ccc(Cl)cc2)c1. The number of hydrogen-bond acceptors (Lipinski definition) is 2. The van der Waals surface area contributed by atoms with Crippen molar-refractivity contribution in [1.82, 2.24) is 0 Å². The first kappa shape index (κ1) is 13.4. The van der Waals surface area contributed by atoms with E-state index < -0.39 is 0 Å². The van der Waals surface area contributed by atoms with Gasteiger partial charge in [-0.25, -0.2) is 0 Å². The molecule has 0 spiro atoms. The number of anilines is 1. The fourth-order valence-corrected chi connectivity index (χ4v) is 1.75. The number of benzene rings is 2. The van der Waals surface area contributed by atoms with Crippen LogP contribution in [0.5, 0.6) is 11.5 Å². The second-order valence-electron chi connectivity index (χ2n) is 4.22. The molecule has 0 radical (unpaired) electrons. The van der Waals surface area contributed by atoms with Gasteiger partial charge in [0.1, 0.15) is 11.5 Å². The van der Waals surface area contributed by atoms with Crippen LogP contribution in [0.4, 0.5) is 5.69 Å². The first-order valence-electron chi connectivity index (χ1n) is 5.86. The van der Waals surface area contributed by atoms with Gasteiger partial charge in [-0.15, -0.1) is 0 Å². The number of nitrogens with one attached hydrogen (secondary N) is 1. The number of carbonyl (C=O) groups excluding carboxylic acids is 1. The van der Waals surface area contributed by atoms with E-state index >= 15 is 0 Å². The molecule has 0 aliphatic rings. The van der Waals surface area contributed by atoms with Gasteiger partial charge in [0, 0.05) is 23.7 Å². The minimum absolute atomic E-state index is 0.110. The maximum absolute atomic E-state index is 11.0. The Bertz CT molecular complexity index is 594. The predicted octanol–water partition coefficient (Wildman–Crippen LogP) is 4.40. The van der Waals surface area contributed by atoms with E-state index in [2.05, 4.69) is 5.32 Å². The average molecular weight is 276 g/mol. The van der Waals surface area contributed by atoms with E-state index in [-0.39, 0.29) is 5.91 Å². The summed E-state index contributed by atoms with van der Waals surface area (Å²) in [6, 6.07) is 12.7. The van der Waals surface area contributed by atoms with Gasteiger partial charge < -0.3 is 10.1 Å². The predicted molar refractivity (Wildman–Crippen MR) is 77.0 cm³/mol. The summed E-state index contributed by atoms with van der Waals surface area (Å²) < 4.78 is 5.78. The van der Waals surface area contributed by atoms with Crippen LogP contribution in [-0.4, -0.2) is 5.91 Å². The lowest BCUT2D eigenvalue weighted by Crippen LogP contribution is -2.05. The zero-order valence-electron chi connectivity index (χ0n) is 10.7. The highest BCUT2D eigenvalue weighted by Gasteiger charge is 2.04. The van der Waals surface area contributed by atoms with Crippen molar-refractivity contribution < 1.29 is 9.53 Å². The molecular weight excluding hydrogens is 262 g/mol. The number of halogens is 1. The summed E-state index contributed by atoms with van der Waals surface area (Å²) in [6.07, 6.45) is 0. The van der Waals surface area contributed by atoms with Gasteiger partial charge in [-0.3, -0.25) is 4.79 Å². The van der Waals surface area contributed by atoms with Crippen molar-refractivity contribution in [3.8, 4) is 11.5 Å². The number of carbonyl (C=O) groups is 1. The fraction of sp³-hybridized carbons (Fsp3) is 0.133. The Hall–Kier alpha value is -2.00. The van der Waals surface area contributed by atoms with Gasteiger partial charge in [-0.1, -0.05) is 17.7 Å². The lowest BCUT2D eigenvalue weighted by Gasteiger charge is -2.11. The number of ether oxygens (including phenoxy) is 1. The van der Waals surface area contributed by atoms with Crippen molar-refractivity contribution in [2.45, 2.75) is 13.8 Å². The molecule has 98 valence electrons. The van der Waals surface area contributed by atoms with Crippen molar-refractivity contribution in [3.05, 3.63) is 53.1 Å². The third kappa shape index (κ3) is 3.73. The molecule has 0 heterocycles. The Kier molecular flexibility index (Phi) is 4.07. The van der Waals surface area contributed by atoms with Crippen molar-refractivity contribution in [3.63, 3.8) is 0 Å². The van der Waals surface area contributed by atoms with Crippen LogP contribution in [0, 0.1) is 6.92 Å². The third-order valence-corrected chi connectivity index (χ3v) is 2.80. The second-order valence-corrected chi connectivity index (χ2v) is 4.65. The summed E-state index contributed by atoms with van der Waals surface area (Å²) in [5.41, 5.74) is 1.70. The number of amides is 1. The molecule has 0 aliphatic carbocycles. The number of rotatable bonds is 3. The van der Waals surface area contributed by atoms with E-state index in [1.165, 1.54) is 6.92 Å². The first-order valence-corrected chi connectivity index (χ1v) is 6.24. The summed E-state index contributed by atoms with van der Waals surface area (Å²) in [6.45, 7) is 3.42. The Morgan fingerprint density at radius 2 is 1.84 bits per heavy atom. The fourth-order valence-electron chi connectivity index (χ4n) is 1.62. The molecule has 0 saturated carbocycles. The van der Waals surface area contributed by atoms with Crippen molar-refractivity contribution in [2.75, 3.05) is 5.32 Å². The largest absolute Gasteiger partial charge is 0.457 e. The molecule has 0 aromatic heterocycles. The molecule has 2 rings (SSSR count). The maximum Gasteiger partial charge on any atom is 0.221 e. The molecule has 0 atom stereocenters. The van der Waals surface area contributed by atoms with Crippen LogP contribution in [0.3, 0.4) is 0 Å². The van der Waals surface area contributed by atoms with E-state index in [0.717, 1.165) is 5.56 Å². The normalized spacial score (nSPS) is 10.1. The first-order chi connectivity index (χ1) is 9.04. The molecule has 1 amide bonds. The van der Waals surface area contributed by atoms with Crippen LogP contribution in [0.1, 0.15) is 12.5 Å². The highest BCUT2D eigenvalue weighted by Crippen LogP contribution is 2.28. The average Bonchev–Trinajstić information content (AvgIpc) is 2.35. The lowest BCUT2D eigenvalue weighted by molar-refractivity contribution is -0.114. The van der Waals surface area contributed by atoms with Crippen molar-refractivity contribution >= 4 is 23.2 Å². The maximum atomic E-state index is 11.0. The van der Waals surface area contributed by atoms with Crippen LogP contribution in [0.25, 0.3) is 0 Å². The van der Waals surface area contributed by atoms with Gasteiger partial charge in [0.25, 0.3) is 0 Å². The minimum atomic E-state index is -0.110. The summed E-state index contributed by atoms with van der Waals surface area (Å²) in [5.74, 6) is 1.29. The van der Waals surface area contributed by atoms with Crippen LogP contribution < -0.4 is 10.1 Å². The monoisotopic (exact) mass is 275 g/mol. The third-order valence-electron chi connectivity index (χ3n) is 2.55. The highest BCUT2D eigenvalue weighted by molar-refractivity contribution is 6.30. The summed E-state index contributed by atoms with van der Waals surface area (Å²) >= 11 is 5.83. The summed E-state index contributed by atoms with van der Waals surface area (Å²) in [5, 5.41) is 3.39. The Balaban J connectivity index is 2.23. The van der Waals surface area contributed by atoms with Crippen LogP contribution >= 0.6 is 11.6 Å². The Morgan fingerprint density at radius 3 is 2.47 bits per heavy atom. The second kappa shape index (κ2) is 5.76. The van der Waals surface area contributed by atoms with Gasteiger partial charge >= 0.3 is 0 Å². The van der Waals surface area contributed by atoms with E-state index in [1.54, 1.807) is 30.3 Å². The van der Waals surface area contributed by atoms with E-state index in [9.17, 15) is 4.79 Å². The molecule has 0 aliphatic heterocycles. The van der Waals surface area contributed by atoms with Crippen molar-refractivity contribution in [2.24, 2.45) is 0 Å². The summed E-state index contributed by atoms with van der Waals surface area (Å²) in [7, 11) is 0. The molecule has 19 heavy (non-hydrogen) atoms. The van der Waals surface area contributed by atoms with Gasteiger partial charge in [0.15, 0.2) is 0 Å². The van der Waals surface area contributed by atoms with Crippen LogP contribution in [0.15, 0.2) is 42.5 Å². The molecule has 0 saturated heterocycles. The Morgan fingerprint density at radius 1 is 1.16 bits per heavy atom. The smallest absolute Gasteiger partial charge is 0.221 e. The topological polar surface area (TPSA) is 38.3 Å². The van der Waals surface area contributed by atoms with Gasteiger partial charge in [0.2, 0.25) is 5.91 Å². The zero-order valence-corrected chi connectivity index (χ0v) is 11.5. The van der Waals surface area contributed by atoms with Gasteiger partial charge in [-0.2, -0.15) is 0 Å². The van der Waals surface area contributed by atoms with Crippen molar-refractivity contribution in [1.29, 1.82) is 0 Å². The molecule has 4 heteroatoms. The van der Waals surface area contributed by atoms with E-state index in [0.29, 0.717) is 22.2 Å².